The molecule has 0 saturated heterocycles. The molecule has 22 nitrogen and oxygen atoms in total. The fourth-order valence-electron chi connectivity index (χ4n) is 10.6. The van der Waals surface area contributed by atoms with Gasteiger partial charge < -0.3 is 35.9 Å². The summed E-state index contributed by atoms with van der Waals surface area (Å²) >= 11 is 0. The molecule has 0 bridgehead atoms. The van der Waals surface area contributed by atoms with E-state index in [0.29, 0.717) is 124 Å². The standard InChI is InChI=1S/C55H74N6O16S3/c1-54(2)41-37-39(79(71,72)73)25-27-44(41)59-34-17-7-11-23-49(63)58-43(53(67)57-33-15-6-12-24-52(66)77-61-50(64)29-30-51(61)65)19-13-16-32-56-48(62)22-10-5-14-31-55(3)42-38-40(80(74,75)76)26-28-45(42)60(35-18-36-78(68,69)70)47(55)21-9-4-8-20-46(54)59/h4,8-9,20-21,25-30,37-38,43H,5-7,10-19,22-24,31-36H2,1-3H3,(H7-,56,57,58,62,63,64,65,67,68,69,70,71,72,73,74,75,76)/p+1. The predicted molar refractivity (Wildman–Crippen MR) is 299 cm³/mol. The fourth-order valence-corrected chi connectivity index (χ4v) is 12.1. The van der Waals surface area contributed by atoms with Crippen molar-refractivity contribution in [2.75, 3.05) is 36.8 Å². The van der Waals surface area contributed by atoms with E-state index in [1.54, 1.807) is 24.3 Å². The average molecular weight is 1170 g/mol. The highest BCUT2D eigenvalue weighted by molar-refractivity contribution is 7.86. The lowest BCUT2D eigenvalue weighted by Crippen LogP contribution is -2.47. The molecule has 3 aliphatic rings. The Kier molecular flexibility index (Phi) is 21.5. The van der Waals surface area contributed by atoms with Crippen molar-refractivity contribution in [1.82, 2.24) is 20.7 Å². The number of anilines is 1. The normalized spacial score (nSPS) is 20.2. The molecule has 80 heavy (non-hydrogen) atoms. The molecule has 0 radical (unpaired) electrons. The summed E-state index contributed by atoms with van der Waals surface area (Å²) in [5.74, 6) is -2.90. The molecule has 8 N–H and O–H groups in total. The number of aromatic nitrogens is 1. The first-order valence-electron chi connectivity index (χ1n) is 27.0. The minimum Gasteiger partial charge on any atom is -0.492 e. The number of allylic oxidation sites excluding steroid dienone is 6. The third-order valence-corrected chi connectivity index (χ3v) is 17.3. The summed E-state index contributed by atoms with van der Waals surface area (Å²) < 4.78 is 106. The summed E-state index contributed by atoms with van der Waals surface area (Å²) in [5.41, 5.74) is 2.45. The Morgan fingerprint density at radius 1 is 0.750 bits per heavy atom. The molecule has 0 aliphatic carbocycles. The first-order valence-corrected chi connectivity index (χ1v) is 31.5. The van der Waals surface area contributed by atoms with Crippen LogP contribution < -0.4 is 25.7 Å². The van der Waals surface area contributed by atoms with Crippen LogP contribution in [0.25, 0.3) is 0 Å². The monoisotopic (exact) mass is 1170 g/mol. The van der Waals surface area contributed by atoms with Crippen LogP contribution in [0, 0.1) is 0 Å². The summed E-state index contributed by atoms with van der Waals surface area (Å²) in [6, 6.07) is 10.2. The Labute approximate surface area is 468 Å². The van der Waals surface area contributed by atoms with Gasteiger partial charge >= 0.3 is 5.97 Å². The van der Waals surface area contributed by atoms with Crippen LogP contribution in [0.5, 0.6) is 11.8 Å². The minimum absolute atomic E-state index is 0.0000613. The van der Waals surface area contributed by atoms with E-state index in [2.05, 4.69) is 20.5 Å². The van der Waals surface area contributed by atoms with Crippen LogP contribution in [0.3, 0.4) is 0 Å². The molecule has 1 aromatic heterocycles. The van der Waals surface area contributed by atoms with Gasteiger partial charge in [0.05, 0.1) is 21.0 Å². The van der Waals surface area contributed by atoms with E-state index < -0.39 is 70.7 Å². The molecule has 2 unspecified atom stereocenters. The van der Waals surface area contributed by atoms with Crippen LogP contribution in [-0.2, 0) is 60.4 Å². The molecule has 6 rings (SSSR count). The molecule has 0 saturated carbocycles. The van der Waals surface area contributed by atoms with E-state index in [1.807, 2.05) is 43.9 Å². The number of benzene rings is 2. The number of carbonyl (C=O) groups excluding carboxylic acids is 4. The molecule has 2 atom stereocenters. The second kappa shape index (κ2) is 27.4. The first-order chi connectivity index (χ1) is 37.7. The molecular weight excluding hydrogens is 1100 g/mol. The third kappa shape index (κ3) is 16.8. The molecule has 2 aromatic carbocycles. The van der Waals surface area contributed by atoms with Crippen molar-refractivity contribution >= 4 is 71.1 Å². The van der Waals surface area contributed by atoms with Crippen molar-refractivity contribution < 1.29 is 77.7 Å². The van der Waals surface area contributed by atoms with Crippen LogP contribution in [0.2, 0.25) is 0 Å². The summed E-state index contributed by atoms with van der Waals surface area (Å²) in [6.45, 7) is 7.03. The van der Waals surface area contributed by atoms with Gasteiger partial charge in [0.2, 0.25) is 35.2 Å². The van der Waals surface area contributed by atoms with Crippen LogP contribution in [0.4, 0.5) is 11.4 Å². The maximum absolute atomic E-state index is 13.5. The number of amides is 3. The van der Waals surface area contributed by atoms with Gasteiger partial charge in [0.1, 0.15) is 12.6 Å². The summed E-state index contributed by atoms with van der Waals surface area (Å²) in [7, 11) is -13.5. The molecule has 3 aliphatic heterocycles. The maximum atomic E-state index is 13.5. The Hall–Kier alpha value is -6.38. The molecule has 438 valence electrons. The number of carbonyl (C=O) groups is 4. The Morgan fingerprint density at radius 3 is 2.10 bits per heavy atom. The smallest absolute Gasteiger partial charge is 0.333 e. The van der Waals surface area contributed by atoms with Crippen molar-refractivity contribution in [3.8, 4) is 11.8 Å². The molecule has 0 spiro atoms. The minimum atomic E-state index is -4.63. The third-order valence-electron chi connectivity index (χ3n) is 14.8. The fraction of sp³-hybridized carbons (Fsp3) is 0.509. The highest BCUT2D eigenvalue weighted by Gasteiger charge is 2.46. The van der Waals surface area contributed by atoms with E-state index in [0.717, 1.165) is 11.4 Å². The van der Waals surface area contributed by atoms with E-state index in [1.165, 1.54) is 36.4 Å². The zero-order valence-corrected chi connectivity index (χ0v) is 47.9. The molecule has 25 heteroatoms. The number of hydrogen-bond donors (Lipinski definition) is 8. The number of nitrogens with zero attached hydrogens (tertiary/aromatic N) is 3. The predicted octanol–water partition coefficient (Wildman–Crippen LogP) is 6.45. The number of nitrogens with one attached hydrogen (secondary N) is 3. The van der Waals surface area contributed by atoms with Gasteiger partial charge in [-0.2, -0.15) is 29.8 Å². The van der Waals surface area contributed by atoms with Crippen LogP contribution in [0.1, 0.15) is 141 Å². The van der Waals surface area contributed by atoms with Crippen molar-refractivity contribution in [3.63, 3.8) is 0 Å². The maximum Gasteiger partial charge on any atom is 0.333 e. The van der Waals surface area contributed by atoms with Crippen molar-refractivity contribution in [1.29, 1.82) is 0 Å². The number of unbranched alkanes of at least 4 members (excludes halogenated alkanes) is 2. The number of hydrogen-bond acceptors (Lipinski definition) is 14. The Balaban J connectivity index is 1.22. The zero-order valence-electron chi connectivity index (χ0n) is 45.4. The van der Waals surface area contributed by atoms with E-state index >= 15 is 0 Å². The Bertz CT molecular complexity index is 3220. The van der Waals surface area contributed by atoms with Gasteiger partial charge in [0.25, 0.3) is 30.4 Å². The quantitative estimate of drug-likeness (QED) is 0.0488. The largest absolute Gasteiger partial charge is 0.492 e. The van der Waals surface area contributed by atoms with Gasteiger partial charge in [0, 0.05) is 92.0 Å². The van der Waals surface area contributed by atoms with Gasteiger partial charge in [-0.3, -0.25) is 28.0 Å². The lowest BCUT2D eigenvalue weighted by Gasteiger charge is -2.30. The van der Waals surface area contributed by atoms with Gasteiger partial charge in [-0.15, -0.1) is 4.73 Å². The molecule has 0 fully saturated rings. The molecular formula is C55H75N6O16S3+. The summed E-state index contributed by atoms with van der Waals surface area (Å²) in [5, 5.41) is 28.2. The van der Waals surface area contributed by atoms with Crippen molar-refractivity contribution in [2.45, 2.75) is 157 Å². The molecule has 3 aromatic rings. The number of rotatable bonds is 14. The highest BCUT2D eigenvalue weighted by Crippen LogP contribution is 2.51. The number of aromatic hydroxyl groups is 2. The van der Waals surface area contributed by atoms with Gasteiger partial charge in [-0.05, 0) is 127 Å². The van der Waals surface area contributed by atoms with E-state index in [-0.39, 0.29) is 66.3 Å². The summed E-state index contributed by atoms with van der Waals surface area (Å²) in [6.07, 6.45) is 16.2. The number of fused-ring (bicyclic) bond motifs is 5. The Morgan fingerprint density at radius 2 is 1.41 bits per heavy atom. The topological polar surface area (TPSA) is 328 Å². The van der Waals surface area contributed by atoms with Crippen LogP contribution in [0.15, 0.2) is 94.4 Å². The van der Waals surface area contributed by atoms with Crippen molar-refractivity contribution in [2.24, 2.45) is 0 Å². The SMILES string of the molecule is CC1(C)C2=[N+](CCCCCC(=O)NC(C(=O)NCCCCCC(=O)On3c(O)ccc3O)CCCCNC(=O)CCCCCC3(C)C(=CC=CC=C2)N(CCCS(=O)(=O)O)c2ccc(S(=O)(=O)O)cc23)c2ccc(S(=O)(=O)O)cc21. The van der Waals surface area contributed by atoms with Gasteiger partial charge in [0.15, 0.2) is 5.71 Å². The van der Waals surface area contributed by atoms with E-state index in [4.69, 9.17) is 4.84 Å². The second-order valence-electron chi connectivity index (χ2n) is 21.1. The van der Waals surface area contributed by atoms with Crippen molar-refractivity contribution in [3.05, 3.63) is 95.7 Å². The first kappa shape index (κ1) is 62.8. The average Bonchev–Trinajstić information content (AvgIpc) is 3.90. The van der Waals surface area contributed by atoms with E-state index in [9.17, 15) is 68.3 Å². The highest BCUT2D eigenvalue weighted by atomic mass is 32.2. The van der Waals surface area contributed by atoms with Gasteiger partial charge in [-0.1, -0.05) is 37.5 Å². The van der Waals surface area contributed by atoms with Gasteiger partial charge in [-0.25, -0.2) is 4.79 Å². The van der Waals surface area contributed by atoms with Crippen LogP contribution >= 0.6 is 0 Å². The second-order valence-corrected chi connectivity index (χ2v) is 25.6. The summed E-state index contributed by atoms with van der Waals surface area (Å²) in [4.78, 5) is 58.5. The van der Waals surface area contributed by atoms with Crippen LogP contribution in [-0.4, -0.2) is 126 Å². The molecule has 3 amide bonds. The lowest BCUT2D eigenvalue weighted by molar-refractivity contribution is -0.438. The molecule has 4 heterocycles. The zero-order chi connectivity index (χ0) is 58.5. The lowest BCUT2D eigenvalue weighted by atomic mass is 9.77.